The van der Waals surface area contributed by atoms with Crippen LogP contribution in [0.2, 0.25) is 0 Å². The standard InChI is InChI=1S/C17H13IO2S/c1-11-16(19)14-4-2-3-5-15(14)20-17(11)21-10-12-6-8-13(18)9-7-12/h2-9H,10H2,1H3. The highest BCUT2D eigenvalue weighted by Gasteiger charge is 2.11. The Balaban J connectivity index is 1.92. The molecule has 2 nitrogen and oxygen atoms in total. The van der Waals surface area contributed by atoms with Gasteiger partial charge in [0, 0.05) is 14.9 Å². The summed E-state index contributed by atoms with van der Waals surface area (Å²) in [5, 5.41) is 1.35. The normalized spacial score (nSPS) is 11.0. The van der Waals surface area contributed by atoms with Crippen LogP contribution in [0.15, 0.2) is 62.8 Å². The Bertz CT molecular complexity index is 838. The maximum atomic E-state index is 12.3. The first-order valence-corrected chi connectivity index (χ1v) is 8.61. The molecule has 1 heterocycles. The van der Waals surface area contributed by atoms with Crippen LogP contribution in [0.1, 0.15) is 11.1 Å². The predicted octanol–water partition coefficient (Wildman–Crippen LogP) is 5.00. The van der Waals surface area contributed by atoms with Crippen molar-refractivity contribution >= 4 is 45.3 Å². The van der Waals surface area contributed by atoms with Crippen molar-refractivity contribution in [1.82, 2.24) is 0 Å². The van der Waals surface area contributed by atoms with E-state index in [2.05, 4.69) is 46.9 Å². The van der Waals surface area contributed by atoms with E-state index in [0.29, 0.717) is 21.6 Å². The van der Waals surface area contributed by atoms with Crippen LogP contribution in [-0.4, -0.2) is 0 Å². The van der Waals surface area contributed by atoms with Crippen molar-refractivity contribution in [3.8, 4) is 0 Å². The molecule has 0 atom stereocenters. The van der Waals surface area contributed by atoms with Gasteiger partial charge in [0.15, 0.2) is 10.5 Å². The molecule has 2 aromatic carbocycles. The van der Waals surface area contributed by atoms with Crippen LogP contribution in [0.25, 0.3) is 11.0 Å². The Labute approximate surface area is 140 Å². The minimum atomic E-state index is 0.0574. The fourth-order valence-electron chi connectivity index (χ4n) is 2.08. The molecule has 0 saturated heterocycles. The largest absolute Gasteiger partial charge is 0.449 e. The molecule has 106 valence electrons. The average molecular weight is 408 g/mol. The number of hydrogen-bond acceptors (Lipinski definition) is 3. The number of rotatable bonds is 3. The number of hydrogen-bond donors (Lipinski definition) is 0. The molecule has 1 aromatic heterocycles. The molecule has 0 fully saturated rings. The molecule has 3 aromatic rings. The summed E-state index contributed by atoms with van der Waals surface area (Å²) in [6.07, 6.45) is 0. The van der Waals surface area contributed by atoms with E-state index < -0.39 is 0 Å². The molecule has 21 heavy (non-hydrogen) atoms. The van der Waals surface area contributed by atoms with Gasteiger partial charge in [-0.1, -0.05) is 36.0 Å². The van der Waals surface area contributed by atoms with Crippen LogP contribution >= 0.6 is 34.4 Å². The Kier molecular flexibility index (Phi) is 4.35. The van der Waals surface area contributed by atoms with Gasteiger partial charge >= 0.3 is 0 Å². The molecular weight excluding hydrogens is 395 g/mol. The van der Waals surface area contributed by atoms with Gasteiger partial charge in [-0.15, -0.1) is 0 Å². The van der Waals surface area contributed by atoms with Crippen LogP contribution in [0, 0.1) is 10.5 Å². The second kappa shape index (κ2) is 6.23. The molecule has 0 amide bonds. The highest BCUT2D eigenvalue weighted by molar-refractivity contribution is 14.1. The van der Waals surface area contributed by atoms with Crippen LogP contribution in [0.5, 0.6) is 0 Å². The second-order valence-corrected chi connectivity index (χ2v) is 6.95. The zero-order valence-corrected chi connectivity index (χ0v) is 14.4. The molecular formula is C17H13IO2S. The van der Waals surface area contributed by atoms with E-state index in [1.165, 1.54) is 9.13 Å². The summed E-state index contributed by atoms with van der Waals surface area (Å²) in [5.74, 6) is 0.791. The maximum Gasteiger partial charge on any atom is 0.196 e. The zero-order valence-electron chi connectivity index (χ0n) is 11.4. The summed E-state index contributed by atoms with van der Waals surface area (Å²) in [6.45, 7) is 1.83. The van der Waals surface area contributed by atoms with Gasteiger partial charge in [0.05, 0.1) is 5.39 Å². The molecule has 3 rings (SSSR count). The number of benzene rings is 2. The van der Waals surface area contributed by atoms with Crippen LogP contribution < -0.4 is 5.43 Å². The summed E-state index contributed by atoms with van der Waals surface area (Å²) in [7, 11) is 0. The van der Waals surface area contributed by atoms with Crippen molar-refractivity contribution in [2.75, 3.05) is 0 Å². The Morgan fingerprint density at radius 3 is 2.57 bits per heavy atom. The molecule has 0 aliphatic carbocycles. The highest BCUT2D eigenvalue weighted by atomic mass is 127. The van der Waals surface area contributed by atoms with Crippen molar-refractivity contribution in [3.05, 3.63) is 73.5 Å². The topological polar surface area (TPSA) is 30.2 Å². The monoisotopic (exact) mass is 408 g/mol. The van der Waals surface area contributed by atoms with Crippen LogP contribution in [-0.2, 0) is 5.75 Å². The third-order valence-corrected chi connectivity index (χ3v) is 5.11. The molecule has 0 aliphatic rings. The van der Waals surface area contributed by atoms with Gasteiger partial charge in [-0.05, 0) is 59.3 Å². The lowest BCUT2D eigenvalue weighted by Gasteiger charge is -2.06. The molecule has 0 radical (unpaired) electrons. The number of para-hydroxylation sites is 1. The smallest absolute Gasteiger partial charge is 0.196 e. The summed E-state index contributed by atoms with van der Waals surface area (Å²) in [4.78, 5) is 12.3. The van der Waals surface area contributed by atoms with Gasteiger partial charge in [-0.25, -0.2) is 0 Å². The molecule has 4 heteroatoms. The van der Waals surface area contributed by atoms with Gasteiger partial charge in [0.2, 0.25) is 0 Å². The van der Waals surface area contributed by atoms with E-state index in [0.717, 1.165) is 5.75 Å². The van der Waals surface area contributed by atoms with Gasteiger partial charge in [0.25, 0.3) is 0 Å². The first-order chi connectivity index (χ1) is 10.1. The van der Waals surface area contributed by atoms with Gasteiger partial charge in [-0.2, -0.15) is 0 Å². The van der Waals surface area contributed by atoms with Crippen LogP contribution in [0.4, 0.5) is 0 Å². The summed E-state index contributed by atoms with van der Waals surface area (Å²) in [6, 6.07) is 15.8. The third kappa shape index (κ3) is 3.16. The van der Waals surface area contributed by atoms with Gasteiger partial charge in [-0.3, -0.25) is 4.79 Å². The lowest BCUT2D eigenvalue weighted by molar-refractivity contribution is 0.492. The van der Waals surface area contributed by atoms with Gasteiger partial charge < -0.3 is 4.42 Å². The van der Waals surface area contributed by atoms with Crippen molar-refractivity contribution in [3.63, 3.8) is 0 Å². The van der Waals surface area contributed by atoms with E-state index in [1.807, 2.05) is 31.2 Å². The fraction of sp³-hybridized carbons (Fsp3) is 0.118. The number of halogens is 1. The van der Waals surface area contributed by atoms with E-state index in [9.17, 15) is 4.79 Å². The third-order valence-electron chi connectivity index (χ3n) is 3.26. The molecule has 0 saturated carbocycles. The number of fused-ring (bicyclic) bond motifs is 1. The highest BCUT2D eigenvalue weighted by Crippen LogP contribution is 2.27. The molecule has 0 unspecified atom stereocenters. The predicted molar refractivity (Wildman–Crippen MR) is 95.9 cm³/mol. The summed E-state index contributed by atoms with van der Waals surface area (Å²) < 4.78 is 7.10. The molecule has 0 spiro atoms. The summed E-state index contributed by atoms with van der Waals surface area (Å²) in [5.41, 5.74) is 2.61. The number of thioether (sulfide) groups is 1. The maximum absolute atomic E-state index is 12.3. The van der Waals surface area contributed by atoms with Gasteiger partial charge in [0.1, 0.15) is 5.58 Å². The molecule has 0 bridgehead atoms. The van der Waals surface area contributed by atoms with E-state index >= 15 is 0 Å². The molecule has 0 aliphatic heterocycles. The Morgan fingerprint density at radius 2 is 1.81 bits per heavy atom. The minimum absolute atomic E-state index is 0.0574. The quantitative estimate of drug-likeness (QED) is 0.452. The second-order valence-electron chi connectivity index (χ2n) is 4.75. The van der Waals surface area contributed by atoms with Crippen molar-refractivity contribution in [1.29, 1.82) is 0 Å². The van der Waals surface area contributed by atoms with E-state index in [-0.39, 0.29) is 5.43 Å². The lowest BCUT2D eigenvalue weighted by atomic mass is 10.2. The summed E-state index contributed by atoms with van der Waals surface area (Å²) >= 11 is 3.85. The van der Waals surface area contributed by atoms with Crippen LogP contribution in [0.3, 0.4) is 0 Å². The lowest BCUT2D eigenvalue weighted by Crippen LogP contribution is -2.06. The van der Waals surface area contributed by atoms with E-state index in [1.54, 1.807) is 11.8 Å². The Morgan fingerprint density at radius 1 is 1.10 bits per heavy atom. The average Bonchev–Trinajstić information content (AvgIpc) is 2.51. The fourth-order valence-corrected chi connectivity index (χ4v) is 3.39. The first-order valence-electron chi connectivity index (χ1n) is 6.55. The Hall–Kier alpha value is -1.27. The zero-order chi connectivity index (χ0) is 14.8. The first kappa shape index (κ1) is 14.7. The van der Waals surface area contributed by atoms with Crippen molar-refractivity contribution in [2.24, 2.45) is 0 Å². The van der Waals surface area contributed by atoms with E-state index in [4.69, 9.17) is 4.42 Å². The molecule has 0 N–H and O–H groups in total. The van der Waals surface area contributed by atoms with Crippen molar-refractivity contribution in [2.45, 2.75) is 17.8 Å². The van der Waals surface area contributed by atoms with Crippen molar-refractivity contribution < 1.29 is 4.42 Å². The SMILES string of the molecule is Cc1c(SCc2ccc(I)cc2)oc2ccccc2c1=O. The minimum Gasteiger partial charge on any atom is -0.449 e.